The van der Waals surface area contributed by atoms with Crippen LogP contribution < -0.4 is 5.32 Å². The highest BCUT2D eigenvalue weighted by atomic mass is 16.2. The number of nitrogens with zero attached hydrogens (tertiary/aromatic N) is 2. The van der Waals surface area contributed by atoms with Crippen molar-refractivity contribution >= 4 is 6.03 Å². The third-order valence-electron chi connectivity index (χ3n) is 2.29. The molecule has 0 radical (unpaired) electrons. The second-order valence-electron chi connectivity index (χ2n) is 4.13. The van der Waals surface area contributed by atoms with Crippen molar-refractivity contribution in [2.24, 2.45) is 0 Å². The molecule has 4 heteroatoms. The lowest BCUT2D eigenvalue weighted by Crippen LogP contribution is -2.48. The van der Waals surface area contributed by atoms with Crippen LogP contribution in [0, 0.1) is 0 Å². The Kier molecular flexibility index (Phi) is 7.13. The molecule has 1 unspecified atom stereocenters. The summed E-state index contributed by atoms with van der Waals surface area (Å²) in [5.74, 6) is 0. The third kappa shape index (κ3) is 5.62. The SMILES string of the molecule is CCCNC(=O)N(CC)C(C)CN(C)C. The molecule has 90 valence electrons. The molecule has 0 spiro atoms. The van der Waals surface area contributed by atoms with E-state index in [0.29, 0.717) is 0 Å². The third-order valence-corrected chi connectivity index (χ3v) is 2.29. The van der Waals surface area contributed by atoms with Crippen LogP contribution in [0.3, 0.4) is 0 Å². The molecule has 0 aromatic rings. The molecule has 0 saturated carbocycles. The predicted molar refractivity (Wildman–Crippen MR) is 64.1 cm³/mol. The van der Waals surface area contributed by atoms with E-state index in [-0.39, 0.29) is 12.1 Å². The number of likely N-dealkylation sites (N-methyl/N-ethyl adjacent to an activating group) is 2. The van der Waals surface area contributed by atoms with Crippen molar-refractivity contribution in [2.75, 3.05) is 33.7 Å². The van der Waals surface area contributed by atoms with Gasteiger partial charge in [0.25, 0.3) is 0 Å². The van der Waals surface area contributed by atoms with Crippen LogP contribution in [0.2, 0.25) is 0 Å². The largest absolute Gasteiger partial charge is 0.338 e. The standard InChI is InChI=1S/C11H25N3O/c1-6-8-12-11(15)14(7-2)10(3)9-13(4)5/h10H,6-9H2,1-5H3,(H,12,15). The number of hydrogen-bond acceptors (Lipinski definition) is 2. The van der Waals surface area contributed by atoms with Gasteiger partial charge in [0.15, 0.2) is 0 Å². The van der Waals surface area contributed by atoms with Crippen LogP contribution in [0.1, 0.15) is 27.2 Å². The maximum absolute atomic E-state index is 11.8. The van der Waals surface area contributed by atoms with E-state index in [9.17, 15) is 4.79 Å². The Morgan fingerprint density at radius 2 is 1.93 bits per heavy atom. The van der Waals surface area contributed by atoms with Crippen LogP contribution in [0.5, 0.6) is 0 Å². The predicted octanol–water partition coefficient (Wildman–Crippen LogP) is 1.38. The van der Waals surface area contributed by atoms with Crippen molar-refractivity contribution in [3.63, 3.8) is 0 Å². The molecule has 15 heavy (non-hydrogen) atoms. The van der Waals surface area contributed by atoms with Crippen LogP contribution in [-0.2, 0) is 0 Å². The van der Waals surface area contributed by atoms with E-state index in [1.54, 1.807) is 0 Å². The lowest BCUT2D eigenvalue weighted by Gasteiger charge is -2.30. The minimum Gasteiger partial charge on any atom is -0.338 e. The number of carbonyl (C=O) groups excluding carboxylic acids is 1. The molecule has 0 saturated heterocycles. The zero-order valence-corrected chi connectivity index (χ0v) is 10.7. The van der Waals surface area contributed by atoms with Gasteiger partial charge in [0.1, 0.15) is 0 Å². The summed E-state index contributed by atoms with van der Waals surface area (Å²) >= 11 is 0. The first-order valence-electron chi connectivity index (χ1n) is 5.72. The highest BCUT2D eigenvalue weighted by Gasteiger charge is 2.17. The van der Waals surface area contributed by atoms with E-state index < -0.39 is 0 Å². The maximum Gasteiger partial charge on any atom is 0.317 e. The smallest absolute Gasteiger partial charge is 0.317 e. The Bertz CT molecular complexity index is 183. The van der Waals surface area contributed by atoms with Crippen LogP contribution in [0.25, 0.3) is 0 Å². The lowest BCUT2D eigenvalue weighted by atomic mass is 10.3. The van der Waals surface area contributed by atoms with Crippen molar-refractivity contribution in [3.8, 4) is 0 Å². The first-order chi connectivity index (χ1) is 7.02. The van der Waals surface area contributed by atoms with Gasteiger partial charge in [-0.1, -0.05) is 6.92 Å². The monoisotopic (exact) mass is 215 g/mol. The van der Waals surface area contributed by atoms with Crippen molar-refractivity contribution in [1.82, 2.24) is 15.1 Å². The summed E-state index contributed by atoms with van der Waals surface area (Å²) in [7, 11) is 4.04. The number of urea groups is 1. The number of carbonyl (C=O) groups is 1. The molecule has 0 heterocycles. The molecule has 0 bridgehead atoms. The van der Waals surface area contributed by atoms with E-state index in [0.717, 1.165) is 26.1 Å². The minimum atomic E-state index is 0.0497. The topological polar surface area (TPSA) is 35.6 Å². The Hall–Kier alpha value is -0.770. The zero-order chi connectivity index (χ0) is 11.8. The fourth-order valence-electron chi connectivity index (χ4n) is 1.62. The van der Waals surface area contributed by atoms with Gasteiger partial charge in [0.2, 0.25) is 0 Å². The van der Waals surface area contributed by atoms with Gasteiger partial charge in [0.05, 0.1) is 0 Å². The molecular weight excluding hydrogens is 190 g/mol. The molecule has 0 aliphatic heterocycles. The molecule has 0 aromatic heterocycles. The summed E-state index contributed by atoms with van der Waals surface area (Å²) < 4.78 is 0. The van der Waals surface area contributed by atoms with Crippen molar-refractivity contribution in [3.05, 3.63) is 0 Å². The summed E-state index contributed by atoms with van der Waals surface area (Å²) in [6, 6.07) is 0.301. The first kappa shape index (κ1) is 14.2. The second kappa shape index (κ2) is 7.51. The molecule has 0 rings (SSSR count). The van der Waals surface area contributed by atoms with Gasteiger partial charge in [-0.25, -0.2) is 4.79 Å². The quantitative estimate of drug-likeness (QED) is 0.726. The highest BCUT2D eigenvalue weighted by Crippen LogP contribution is 2.00. The second-order valence-corrected chi connectivity index (χ2v) is 4.13. The first-order valence-corrected chi connectivity index (χ1v) is 5.72. The van der Waals surface area contributed by atoms with E-state index in [1.165, 1.54) is 0 Å². The van der Waals surface area contributed by atoms with Gasteiger partial charge >= 0.3 is 6.03 Å². The van der Waals surface area contributed by atoms with Crippen molar-refractivity contribution < 1.29 is 4.79 Å². The van der Waals surface area contributed by atoms with Crippen molar-refractivity contribution in [2.45, 2.75) is 33.2 Å². The molecule has 0 fully saturated rings. The summed E-state index contributed by atoms with van der Waals surface area (Å²) in [5.41, 5.74) is 0. The molecule has 1 atom stereocenters. The van der Waals surface area contributed by atoms with Crippen LogP contribution in [-0.4, -0.2) is 55.6 Å². The van der Waals surface area contributed by atoms with Gasteiger partial charge < -0.3 is 15.1 Å². The van der Waals surface area contributed by atoms with Crippen LogP contribution >= 0.6 is 0 Å². The lowest BCUT2D eigenvalue weighted by molar-refractivity contribution is 0.169. The average molecular weight is 215 g/mol. The Balaban J connectivity index is 4.14. The molecule has 0 aromatic carbocycles. The zero-order valence-electron chi connectivity index (χ0n) is 10.7. The maximum atomic E-state index is 11.8. The Morgan fingerprint density at radius 1 is 1.33 bits per heavy atom. The number of hydrogen-bond donors (Lipinski definition) is 1. The van der Waals surface area contributed by atoms with Crippen LogP contribution in [0.15, 0.2) is 0 Å². The van der Waals surface area contributed by atoms with E-state index in [1.807, 2.05) is 25.9 Å². The molecule has 4 nitrogen and oxygen atoms in total. The van der Waals surface area contributed by atoms with E-state index >= 15 is 0 Å². The van der Waals surface area contributed by atoms with Crippen molar-refractivity contribution in [1.29, 1.82) is 0 Å². The normalized spacial score (nSPS) is 12.7. The van der Waals surface area contributed by atoms with Gasteiger partial charge in [-0.2, -0.15) is 0 Å². The summed E-state index contributed by atoms with van der Waals surface area (Å²) in [4.78, 5) is 15.7. The van der Waals surface area contributed by atoms with Gasteiger partial charge in [-0.3, -0.25) is 0 Å². The van der Waals surface area contributed by atoms with E-state index in [4.69, 9.17) is 0 Å². The van der Waals surface area contributed by atoms with Gasteiger partial charge in [-0.05, 0) is 34.4 Å². The molecule has 0 aliphatic carbocycles. The molecule has 0 aliphatic rings. The summed E-state index contributed by atoms with van der Waals surface area (Å²) in [6.07, 6.45) is 0.978. The Labute approximate surface area is 93.6 Å². The van der Waals surface area contributed by atoms with Gasteiger partial charge in [0, 0.05) is 25.7 Å². The molecular formula is C11H25N3O. The minimum absolute atomic E-state index is 0.0497. The van der Waals surface area contributed by atoms with Crippen LogP contribution in [0.4, 0.5) is 4.79 Å². The summed E-state index contributed by atoms with van der Waals surface area (Å²) in [5, 5.41) is 2.91. The number of rotatable bonds is 6. The van der Waals surface area contributed by atoms with Gasteiger partial charge in [-0.15, -0.1) is 0 Å². The highest BCUT2D eigenvalue weighted by molar-refractivity contribution is 5.74. The Morgan fingerprint density at radius 3 is 2.33 bits per heavy atom. The average Bonchev–Trinajstić information content (AvgIpc) is 2.14. The number of amides is 2. The molecule has 2 amide bonds. The number of nitrogens with one attached hydrogen (secondary N) is 1. The van der Waals surface area contributed by atoms with E-state index in [2.05, 4.69) is 24.1 Å². The fraction of sp³-hybridized carbons (Fsp3) is 0.909. The molecule has 1 N–H and O–H groups in total. The fourth-order valence-corrected chi connectivity index (χ4v) is 1.62. The summed E-state index contributed by atoms with van der Waals surface area (Å²) in [6.45, 7) is 8.55.